The minimum absolute atomic E-state index is 0.0470. The van der Waals surface area contributed by atoms with Crippen LogP contribution >= 0.6 is 0 Å². The Labute approximate surface area is 219 Å². The van der Waals surface area contributed by atoms with Crippen LogP contribution in [0.4, 0.5) is 5.95 Å². The Morgan fingerprint density at radius 3 is 2.76 bits per heavy atom. The van der Waals surface area contributed by atoms with Crippen molar-refractivity contribution in [3.63, 3.8) is 0 Å². The fourth-order valence-corrected chi connectivity index (χ4v) is 4.72. The van der Waals surface area contributed by atoms with Gasteiger partial charge in [0.1, 0.15) is 6.04 Å². The number of carboxylic acids is 1. The van der Waals surface area contributed by atoms with Crippen LogP contribution in [0, 0.1) is 6.92 Å². The number of carbonyl (C=O) groups is 2. The molecule has 0 spiro atoms. The van der Waals surface area contributed by atoms with E-state index in [2.05, 4.69) is 25.6 Å². The molecular formula is C30H27N5O3. The lowest BCUT2D eigenvalue weighted by Gasteiger charge is -2.15. The molecule has 1 amide bonds. The van der Waals surface area contributed by atoms with Gasteiger partial charge in [-0.25, -0.2) is 14.8 Å². The molecule has 6 rings (SSSR count). The summed E-state index contributed by atoms with van der Waals surface area (Å²) in [5.74, 6) is -0.767. The number of hydrogen-bond acceptors (Lipinski definition) is 5. The maximum absolute atomic E-state index is 12.6. The molecule has 2 heterocycles. The number of rotatable bonds is 8. The number of carbonyl (C=O) groups excluding carboxylic acids is 1. The summed E-state index contributed by atoms with van der Waals surface area (Å²) >= 11 is 0. The molecule has 38 heavy (non-hydrogen) atoms. The van der Waals surface area contributed by atoms with E-state index in [-0.39, 0.29) is 18.3 Å². The highest BCUT2D eigenvalue weighted by atomic mass is 16.4. The number of fused-ring (bicyclic) bond motifs is 2. The van der Waals surface area contributed by atoms with Crippen LogP contribution in [-0.4, -0.2) is 44.0 Å². The fraction of sp³-hybridized carbons (Fsp3) is 0.200. The number of nitrogens with zero attached hydrogens (tertiary/aromatic N) is 2. The molecule has 4 N–H and O–H groups in total. The number of aromatic nitrogens is 3. The largest absolute Gasteiger partial charge is 0.480 e. The van der Waals surface area contributed by atoms with Gasteiger partial charge in [0.05, 0.1) is 5.52 Å². The van der Waals surface area contributed by atoms with Crippen LogP contribution in [0.25, 0.3) is 32.9 Å². The van der Waals surface area contributed by atoms with Gasteiger partial charge in [0.2, 0.25) is 5.95 Å². The molecule has 190 valence electrons. The highest BCUT2D eigenvalue weighted by Gasteiger charge is 2.24. The van der Waals surface area contributed by atoms with Crippen LogP contribution in [0.1, 0.15) is 34.3 Å². The number of amides is 1. The molecule has 2 aromatic heterocycles. The topological polar surface area (TPSA) is 120 Å². The van der Waals surface area contributed by atoms with E-state index in [0.29, 0.717) is 17.1 Å². The third-order valence-corrected chi connectivity index (χ3v) is 7.00. The van der Waals surface area contributed by atoms with E-state index in [4.69, 9.17) is 0 Å². The van der Waals surface area contributed by atoms with Gasteiger partial charge in [0.25, 0.3) is 5.91 Å². The van der Waals surface area contributed by atoms with E-state index in [9.17, 15) is 14.7 Å². The summed E-state index contributed by atoms with van der Waals surface area (Å²) in [7, 11) is 0. The number of anilines is 1. The lowest BCUT2D eigenvalue weighted by molar-refractivity contribution is -0.137. The Bertz CT molecular complexity index is 1690. The number of aromatic amines is 1. The Hall–Kier alpha value is -4.72. The number of benzene rings is 3. The van der Waals surface area contributed by atoms with Gasteiger partial charge >= 0.3 is 5.97 Å². The van der Waals surface area contributed by atoms with Crippen molar-refractivity contribution in [1.82, 2.24) is 20.3 Å². The Morgan fingerprint density at radius 2 is 1.95 bits per heavy atom. The number of hydrogen-bond donors (Lipinski definition) is 4. The molecule has 8 nitrogen and oxygen atoms in total. The molecule has 1 fully saturated rings. The van der Waals surface area contributed by atoms with Crippen LogP contribution in [0.15, 0.2) is 73.1 Å². The number of aliphatic carboxylic acids is 1. The zero-order valence-electron chi connectivity index (χ0n) is 20.9. The zero-order chi connectivity index (χ0) is 26.2. The molecule has 0 radical (unpaired) electrons. The molecule has 1 atom stereocenters. The van der Waals surface area contributed by atoms with Crippen LogP contribution in [0.3, 0.4) is 0 Å². The molecule has 1 aliphatic rings. The van der Waals surface area contributed by atoms with Gasteiger partial charge in [-0.05, 0) is 72.4 Å². The number of H-pyrrole nitrogens is 1. The lowest BCUT2D eigenvalue weighted by Crippen LogP contribution is -2.32. The van der Waals surface area contributed by atoms with Crippen molar-refractivity contribution >= 4 is 39.6 Å². The maximum Gasteiger partial charge on any atom is 0.326 e. The zero-order valence-corrected chi connectivity index (χ0v) is 20.9. The minimum atomic E-state index is -0.976. The monoisotopic (exact) mass is 505 g/mol. The lowest BCUT2D eigenvalue weighted by atomic mass is 9.97. The standard InChI is InChI=1S/C30H27N5O3/c1-17-6-7-19(28(36)33-22-9-10-22)13-24(17)18-8-11-25-21(12-18)16-32-30(34-25)35-27(29(37)38)14-20-15-31-26-5-3-2-4-23(20)26/h2-8,11-13,15-16,22,27,31H,9-10,14H2,1H3,(H,33,36)(H,37,38)(H,32,34,35). The summed E-state index contributed by atoms with van der Waals surface area (Å²) in [6, 6.07) is 18.8. The van der Waals surface area contributed by atoms with E-state index in [1.165, 1.54) is 0 Å². The highest BCUT2D eigenvalue weighted by Crippen LogP contribution is 2.29. The Kier molecular flexibility index (Phi) is 5.99. The van der Waals surface area contributed by atoms with Crippen molar-refractivity contribution < 1.29 is 14.7 Å². The molecular weight excluding hydrogens is 478 g/mol. The Balaban J connectivity index is 1.24. The van der Waals surface area contributed by atoms with Gasteiger partial charge in [-0.2, -0.15) is 0 Å². The van der Waals surface area contributed by atoms with Gasteiger partial charge in [-0.3, -0.25) is 4.79 Å². The first-order valence-corrected chi connectivity index (χ1v) is 12.7. The second-order valence-corrected chi connectivity index (χ2v) is 9.84. The van der Waals surface area contributed by atoms with Crippen molar-refractivity contribution in [2.75, 3.05) is 5.32 Å². The fourth-order valence-electron chi connectivity index (χ4n) is 4.72. The van der Waals surface area contributed by atoms with E-state index in [1.807, 2.05) is 73.8 Å². The number of aryl methyl sites for hydroxylation is 1. The number of carboxylic acid groups (broad SMARTS) is 1. The molecule has 1 unspecified atom stereocenters. The predicted molar refractivity (Wildman–Crippen MR) is 147 cm³/mol. The van der Waals surface area contributed by atoms with Gasteiger partial charge in [0, 0.05) is 46.7 Å². The van der Waals surface area contributed by atoms with E-state index in [0.717, 1.165) is 51.4 Å². The molecule has 1 saturated carbocycles. The minimum Gasteiger partial charge on any atom is -0.480 e. The van der Waals surface area contributed by atoms with Crippen molar-refractivity contribution in [3.8, 4) is 11.1 Å². The van der Waals surface area contributed by atoms with Crippen molar-refractivity contribution in [3.05, 3.63) is 89.7 Å². The summed E-state index contributed by atoms with van der Waals surface area (Å²) in [5, 5.41) is 17.7. The summed E-state index contributed by atoms with van der Waals surface area (Å²) < 4.78 is 0. The molecule has 5 aromatic rings. The summed E-state index contributed by atoms with van der Waals surface area (Å²) in [5.41, 5.74) is 6.22. The van der Waals surface area contributed by atoms with E-state index in [1.54, 1.807) is 6.20 Å². The van der Waals surface area contributed by atoms with Crippen molar-refractivity contribution in [1.29, 1.82) is 0 Å². The van der Waals surface area contributed by atoms with Gasteiger partial charge in [0.15, 0.2) is 0 Å². The second-order valence-electron chi connectivity index (χ2n) is 9.84. The normalized spacial score (nSPS) is 13.9. The number of para-hydroxylation sites is 1. The molecule has 0 aliphatic heterocycles. The highest BCUT2D eigenvalue weighted by molar-refractivity contribution is 5.96. The molecule has 0 saturated heterocycles. The average molecular weight is 506 g/mol. The van der Waals surface area contributed by atoms with Crippen molar-refractivity contribution in [2.24, 2.45) is 0 Å². The van der Waals surface area contributed by atoms with Crippen LogP contribution in [0.2, 0.25) is 0 Å². The van der Waals surface area contributed by atoms with Crippen LogP contribution < -0.4 is 10.6 Å². The summed E-state index contributed by atoms with van der Waals surface area (Å²) in [4.78, 5) is 36.8. The van der Waals surface area contributed by atoms with Crippen molar-refractivity contribution in [2.45, 2.75) is 38.3 Å². The van der Waals surface area contributed by atoms with Crippen LogP contribution in [0.5, 0.6) is 0 Å². The van der Waals surface area contributed by atoms with E-state index >= 15 is 0 Å². The third kappa shape index (κ3) is 4.80. The maximum atomic E-state index is 12.6. The van der Waals surface area contributed by atoms with Gasteiger partial charge < -0.3 is 20.7 Å². The Morgan fingerprint density at radius 1 is 1.11 bits per heavy atom. The SMILES string of the molecule is Cc1ccc(C(=O)NC2CC2)cc1-c1ccc2nc(NC(Cc3c[nH]c4ccccc34)C(=O)O)ncc2c1. The first-order valence-electron chi connectivity index (χ1n) is 12.7. The summed E-state index contributed by atoms with van der Waals surface area (Å²) in [6.07, 6.45) is 5.91. The number of nitrogens with one attached hydrogen (secondary N) is 3. The van der Waals surface area contributed by atoms with Gasteiger partial charge in [-0.1, -0.05) is 30.3 Å². The molecule has 1 aliphatic carbocycles. The predicted octanol–water partition coefficient (Wildman–Crippen LogP) is 5.09. The summed E-state index contributed by atoms with van der Waals surface area (Å²) in [6.45, 7) is 2.02. The first kappa shape index (κ1) is 23.7. The first-order chi connectivity index (χ1) is 18.4. The molecule has 8 heteroatoms. The molecule has 0 bridgehead atoms. The van der Waals surface area contributed by atoms with Crippen LogP contribution in [-0.2, 0) is 11.2 Å². The average Bonchev–Trinajstić information content (AvgIpc) is 3.65. The third-order valence-electron chi connectivity index (χ3n) is 7.00. The van der Waals surface area contributed by atoms with E-state index < -0.39 is 12.0 Å². The second kappa shape index (κ2) is 9.63. The quantitative estimate of drug-likeness (QED) is 0.233. The van der Waals surface area contributed by atoms with Gasteiger partial charge in [-0.15, -0.1) is 0 Å². The smallest absolute Gasteiger partial charge is 0.326 e. The molecule has 3 aromatic carbocycles.